The van der Waals surface area contributed by atoms with Crippen molar-refractivity contribution in [2.45, 2.75) is 24.3 Å². The second kappa shape index (κ2) is 5.00. The van der Waals surface area contributed by atoms with E-state index in [2.05, 4.69) is 0 Å². The molecule has 0 N–H and O–H groups in total. The molecule has 1 fully saturated rings. The van der Waals surface area contributed by atoms with E-state index < -0.39 is 16.1 Å². The number of benzene rings is 2. The maximum Gasteiger partial charge on any atom is 0.267 e. The summed E-state index contributed by atoms with van der Waals surface area (Å²) < 4.78 is 26.2. The van der Waals surface area contributed by atoms with Crippen LogP contribution in [-0.4, -0.2) is 18.6 Å². The molecule has 2 aromatic rings. The maximum absolute atomic E-state index is 12.6. The van der Waals surface area contributed by atoms with Gasteiger partial charge in [0.1, 0.15) is 0 Å². The Hall–Kier alpha value is -2.14. The van der Waals surface area contributed by atoms with Crippen LogP contribution in [0.15, 0.2) is 59.5 Å². The maximum atomic E-state index is 12.6. The first kappa shape index (κ1) is 13.8. The Balaban J connectivity index is 1.98. The highest BCUT2D eigenvalue weighted by molar-refractivity contribution is 7.89. The van der Waals surface area contributed by atoms with Gasteiger partial charge < -0.3 is 0 Å². The number of hydrogen-bond donors (Lipinski definition) is 0. The zero-order valence-electron chi connectivity index (χ0n) is 11.6. The van der Waals surface area contributed by atoms with E-state index in [1.165, 1.54) is 0 Å². The molecule has 2 aromatic carbocycles. The lowest BCUT2D eigenvalue weighted by Crippen LogP contribution is -2.49. The van der Waals surface area contributed by atoms with Gasteiger partial charge >= 0.3 is 0 Å². The third-order valence-corrected chi connectivity index (χ3v) is 5.50. The van der Waals surface area contributed by atoms with Gasteiger partial charge in [-0.3, -0.25) is 4.79 Å². The molecule has 1 aliphatic rings. The van der Waals surface area contributed by atoms with Gasteiger partial charge in [0.15, 0.2) is 0 Å². The number of hydrogen-bond acceptors (Lipinski definition) is 3. The van der Waals surface area contributed by atoms with Crippen LogP contribution in [-0.2, 0) is 14.8 Å². The van der Waals surface area contributed by atoms with Crippen molar-refractivity contribution >= 4 is 15.9 Å². The van der Waals surface area contributed by atoms with E-state index in [9.17, 15) is 13.2 Å². The van der Waals surface area contributed by atoms with Gasteiger partial charge in [-0.1, -0.05) is 48.0 Å². The van der Waals surface area contributed by atoms with Crippen LogP contribution in [0.4, 0.5) is 0 Å². The first-order valence-corrected chi connectivity index (χ1v) is 8.13. The molecule has 0 spiro atoms. The highest BCUT2D eigenvalue weighted by Gasteiger charge is 2.45. The molecule has 0 saturated carbocycles. The van der Waals surface area contributed by atoms with Crippen molar-refractivity contribution in [2.24, 2.45) is 0 Å². The second-order valence-corrected chi connectivity index (χ2v) is 6.95. The number of rotatable bonds is 3. The van der Waals surface area contributed by atoms with Crippen molar-refractivity contribution in [3.8, 4) is 0 Å². The first-order valence-electron chi connectivity index (χ1n) is 6.69. The van der Waals surface area contributed by atoms with Gasteiger partial charge in [-0.25, -0.2) is 12.7 Å². The molecule has 1 heterocycles. The van der Waals surface area contributed by atoms with Gasteiger partial charge in [-0.05, 0) is 24.6 Å². The van der Waals surface area contributed by atoms with Crippen LogP contribution in [0, 0.1) is 6.92 Å². The van der Waals surface area contributed by atoms with Crippen LogP contribution in [0.2, 0.25) is 0 Å². The zero-order valence-corrected chi connectivity index (χ0v) is 12.4. The monoisotopic (exact) mass is 301 g/mol. The first-order chi connectivity index (χ1) is 10.00. The molecule has 108 valence electrons. The van der Waals surface area contributed by atoms with Crippen LogP contribution in [0.3, 0.4) is 0 Å². The molecular formula is C16H15NO3S. The summed E-state index contributed by atoms with van der Waals surface area (Å²) in [5.74, 6) is -0.357. The SMILES string of the molecule is Cc1ccc(S(=O)(=O)N2C(=O)CC2c2ccccc2)cc1. The summed E-state index contributed by atoms with van der Waals surface area (Å²) in [6, 6.07) is 15.4. The molecule has 4 nitrogen and oxygen atoms in total. The fraction of sp³-hybridized carbons (Fsp3) is 0.188. The van der Waals surface area contributed by atoms with E-state index in [1.807, 2.05) is 37.3 Å². The quantitative estimate of drug-likeness (QED) is 0.819. The van der Waals surface area contributed by atoms with Gasteiger partial charge in [0, 0.05) is 0 Å². The number of sulfonamides is 1. The van der Waals surface area contributed by atoms with E-state index in [-0.39, 0.29) is 17.2 Å². The van der Waals surface area contributed by atoms with Gasteiger partial charge in [0.05, 0.1) is 17.4 Å². The van der Waals surface area contributed by atoms with Crippen LogP contribution in [0.5, 0.6) is 0 Å². The summed E-state index contributed by atoms with van der Waals surface area (Å²) in [6.07, 6.45) is 0.231. The molecule has 0 radical (unpaired) electrons. The summed E-state index contributed by atoms with van der Waals surface area (Å²) in [4.78, 5) is 12.0. The lowest BCUT2D eigenvalue weighted by Gasteiger charge is -2.39. The Morgan fingerprint density at radius 2 is 1.62 bits per heavy atom. The van der Waals surface area contributed by atoms with Crippen LogP contribution in [0.1, 0.15) is 23.6 Å². The van der Waals surface area contributed by atoms with E-state index in [4.69, 9.17) is 0 Å². The Morgan fingerprint density at radius 3 is 2.19 bits per heavy atom. The Bertz CT molecular complexity index is 767. The van der Waals surface area contributed by atoms with Crippen LogP contribution < -0.4 is 0 Å². The summed E-state index contributed by atoms with van der Waals surface area (Å²) in [6.45, 7) is 1.89. The van der Waals surface area contributed by atoms with Gasteiger partial charge in [-0.2, -0.15) is 0 Å². The summed E-state index contributed by atoms with van der Waals surface area (Å²) in [5.41, 5.74) is 1.82. The molecule has 1 atom stereocenters. The minimum absolute atomic E-state index is 0.155. The smallest absolute Gasteiger partial charge is 0.267 e. The van der Waals surface area contributed by atoms with Crippen molar-refractivity contribution in [2.75, 3.05) is 0 Å². The Kier molecular flexibility index (Phi) is 3.29. The molecule has 0 aliphatic carbocycles. The van der Waals surface area contributed by atoms with E-state index in [0.29, 0.717) is 0 Å². The number of aryl methyl sites for hydroxylation is 1. The van der Waals surface area contributed by atoms with E-state index >= 15 is 0 Å². The molecule has 1 saturated heterocycles. The molecule has 1 amide bonds. The van der Waals surface area contributed by atoms with Crippen molar-refractivity contribution in [1.29, 1.82) is 0 Å². The lowest BCUT2D eigenvalue weighted by molar-refractivity contribution is -0.137. The van der Waals surface area contributed by atoms with Crippen molar-refractivity contribution in [3.63, 3.8) is 0 Å². The van der Waals surface area contributed by atoms with E-state index in [0.717, 1.165) is 15.4 Å². The minimum atomic E-state index is -3.78. The number of carbonyl (C=O) groups excluding carboxylic acids is 1. The highest BCUT2D eigenvalue weighted by atomic mass is 32.2. The highest BCUT2D eigenvalue weighted by Crippen LogP contribution is 2.39. The van der Waals surface area contributed by atoms with Crippen molar-refractivity contribution < 1.29 is 13.2 Å². The predicted octanol–water partition coefficient (Wildman–Crippen LogP) is 2.66. The molecule has 21 heavy (non-hydrogen) atoms. The predicted molar refractivity (Wildman–Crippen MR) is 79.0 cm³/mol. The third-order valence-electron chi connectivity index (χ3n) is 3.66. The van der Waals surface area contributed by atoms with Crippen molar-refractivity contribution in [1.82, 2.24) is 4.31 Å². The molecule has 3 rings (SSSR count). The molecule has 0 bridgehead atoms. The molecular weight excluding hydrogens is 286 g/mol. The molecule has 5 heteroatoms. The fourth-order valence-electron chi connectivity index (χ4n) is 2.45. The number of β-lactam (4-membered cyclic amide) rings is 1. The number of amides is 1. The van der Waals surface area contributed by atoms with Gasteiger partial charge in [-0.15, -0.1) is 0 Å². The van der Waals surface area contributed by atoms with Gasteiger partial charge in [0.25, 0.3) is 10.0 Å². The zero-order chi connectivity index (χ0) is 15.0. The van der Waals surface area contributed by atoms with Crippen molar-refractivity contribution in [3.05, 3.63) is 65.7 Å². The normalized spacial score (nSPS) is 18.4. The molecule has 1 aliphatic heterocycles. The molecule has 0 aromatic heterocycles. The lowest BCUT2D eigenvalue weighted by atomic mass is 9.97. The standard InChI is InChI=1S/C16H15NO3S/c1-12-7-9-14(10-8-12)21(19,20)17-15(11-16(17)18)13-5-3-2-4-6-13/h2-10,15H,11H2,1H3. The van der Waals surface area contributed by atoms with Crippen LogP contribution >= 0.6 is 0 Å². The van der Waals surface area contributed by atoms with Gasteiger partial charge in [0.2, 0.25) is 5.91 Å². The fourth-order valence-corrected chi connectivity index (χ4v) is 4.03. The third kappa shape index (κ3) is 2.34. The van der Waals surface area contributed by atoms with E-state index in [1.54, 1.807) is 24.3 Å². The average molecular weight is 301 g/mol. The minimum Gasteiger partial charge on any atom is -0.274 e. The second-order valence-electron chi connectivity index (χ2n) is 5.14. The average Bonchev–Trinajstić information content (AvgIpc) is 2.45. The Labute approximate surface area is 124 Å². The Morgan fingerprint density at radius 1 is 1.00 bits per heavy atom. The number of carbonyl (C=O) groups is 1. The topological polar surface area (TPSA) is 54.5 Å². The number of nitrogens with zero attached hydrogens (tertiary/aromatic N) is 1. The largest absolute Gasteiger partial charge is 0.274 e. The van der Waals surface area contributed by atoms with Crippen LogP contribution in [0.25, 0.3) is 0 Å². The summed E-state index contributed by atoms with van der Waals surface area (Å²) >= 11 is 0. The summed E-state index contributed by atoms with van der Waals surface area (Å²) in [7, 11) is -3.78. The summed E-state index contributed by atoms with van der Waals surface area (Å²) in [5, 5.41) is 0. The molecule has 1 unspecified atom stereocenters.